The zero-order chi connectivity index (χ0) is 18.8. The molecule has 1 heterocycles. The first-order valence-electron chi connectivity index (χ1n) is 8.47. The largest absolute Gasteiger partial charge is 0.319 e. The van der Waals surface area contributed by atoms with Gasteiger partial charge in [-0.1, -0.05) is 32.0 Å². The number of benzene rings is 2. The zero-order valence-electron chi connectivity index (χ0n) is 15.2. The second kappa shape index (κ2) is 7.07. The van der Waals surface area contributed by atoms with Crippen LogP contribution in [0, 0.1) is 19.7 Å². The van der Waals surface area contributed by atoms with Crippen molar-refractivity contribution in [3.8, 4) is 5.69 Å². The maximum atomic E-state index is 13.2. The fraction of sp³-hybridized carbons (Fsp3) is 0.250. The number of aryl methyl sites for hydroxylation is 2. The molecule has 0 unspecified atom stereocenters. The molecule has 5 nitrogen and oxygen atoms in total. The smallest absolute Gasteiger partial charge is 0.295 e. The van der Waals surface area contributed by atoms with Crippen LogP contribution in [0.25, 0.3) is 5.69 Å². The van der Waals surface area contributed by atoms with Crippen LogP contribution in [0.1, 0.15) is 47.3 Å². The number of carbonyl (C=O) groups excluding carboxylic acids is 1. The minimum absolute atomic E-state index is 0.0739. The molecular formula is C20H21FN4O. The third-order valence-corrected chi connectivity index (χ3v) is 4.20. The van der Waals surface area contributed by atoms with Crippen molar-refractivity contribution in [2.75, 3.05) is 5.32 Å². The third-order valence-electron chi connectivity index (χ3n) is 4.20. The highest BCUT2D eigenvalue weighted by atomic mass is 19.1. The van der Waals surface area contributed by atoms with Crippen LogP contribution in [0.15, 0.2) is 42.5 Å². The van der Waals surface area contributed by atoms with Gasteiger partial charge in [-0.2, -0.15) is 0 Å². The molecule has 0 saturated carbocycles. The Kier molecular flexibility index (Phi) is 4.84. The molecular weight excluding hydrogens is 331 g/mol. The lowest BCUT2D eigenvalue weighted by Crippen LogP contribution is -2.15. The van der Waals surface area contributed by atoms with E-state index in [1.54, 1.807) is 11.6 Å². The Labute approximate surface area is 151 Å². The van der Waals surface area contributed by atoms with Crippen molar-refractivity contribution >= 4 is 11.6 Å². The topological polar surface area (TPSA) is 59.8 Å². The van der Waals surface area contributed by atoms with Gasteiger partial charge < -0.3 is 5.32 Å². The Morgan fingerprint density at radius 3 is 2.58 bits per heavy atom. The average molecular weight is 352 g/mol. The van der Waals surface area contributed by atoms with E-state index in [0.29, 0.717) is 23.0 Å². The number of halogens is 1. The number of hydrogen-bond donors (Lipinski definition) is 1. The Morgan fingerprint density at radius 2 is 1.88 bits per heavy atom. The molecule has 3 rings (SSSR count). The van der Waals surface area contributed by atoms with E-state index in [-0.39, 0.29) is 11.6 Å². The molecule has 2 aromatic carbocycles. The summed E-state index contributed by atoms with van der Waals surface area (Å²) in [6, 6.07) is 12.1. The molecule has 0 aliphatic carbocycles. The molecule has 0 aliphatic heterocycles. The minimum Gasteiger partial charge on any atom is -0.319 e. The quantitative estimate of drug-likeness (QED) is 0.757. The first-order chi connectivity index (χ1) is 12.4. The van der Waals surface area contributed by atoms with Gasteiger partial charge in [0.05, 0.1) is 5.69 Å². The van der Waals surface area contributed by atoms with Crippen molar-refractivity contribution in [2.45, 2.75) is 33.6 Å². The summed E-state index contributed by atoms with van der Waals surface area (Å²) in [4.78, 5) is 16.8. The first kappa shape index (κ1) is 17.8. The molecule has 6 heteroatoms. The molecule has 1 aromatic heterocycles. The average Bonchev–Trinajstić information content (AvgIpc) is 2.99. The highest BCUT2D eigenvalue weighted by Gasteiger charge is 2.18. The van der Waals surface area contributed by atoms with Crippen molar-refractivity contribution in [2.24, 2.45) is 0 Å². The van der Waals surface area contributed by atoms with Crippen LogP contribution in [-0.2, 0) is 0 Å². The van der Waals surface area contributed by atoms with Crippen LogP contribution in [0.2, 0.25) is 0 Å². The van der Waals surface area contributed by atoms with E-state index in [2.05, 4.69) is 29.2 Å². The molecule has 134 valence electrons. The Bertz CT molecular complexity index is 962. The van der Waals surface area contributed by atoms with E-state index in [1.165, 1.54) is 18.2 Å². The lowest BCUT2D eigenvalue weighted by atomic mass is 10.0. The van der Waals surface area contributed by atoms with E-state index in [1.807, 2.05) is 31.2 Å². The second-order valence-electron chi connectivity index (χ2n) is 6.52. The number of amides is 1. The molecule has 0 bridgehead atoms. The molecule has 1 amide bonds. The van der Waals surface area contributed by atoms with E-state index < -0.39 is 5.91 Å². The number of nitrogens with zero attached hydrogens (tertiary/aromatic N) is 3. The van der Waals surface area contributed by atoms with Crippen LogP contribution < -0.4 is 5.32 Å². The normalized spacial score (nSPS) is 11.0. The number of carbonyl (C=O) groups is 1. The molecule has 0 aliphatic rings. The van der Waals surface area contributed by atoms with Gasteiger partial charge in [0.1, 0.15) is 11.6 Å². The molecule has 26 heavy (non-hydrogen) atoms. The van der Waals surface area contributed by atoms with Gasteiger partial charge >= 0.3 is 0 Å². The fourth-order valence-corrected chi connectivity index (χ4v) is 2.83. The van der Waals surface area contributed by atoms with Gasteiger partial charge in [0.15, 0.2) is 0 Å². The van der Waals surface area contributed by atoms with Gasteiger partial charge in [-0.25, -0.2) is 14.1 Å². The molecule has 0 atom stereocenters. The monoisotopic (exact) mass is 352 g/mol. The predicted octanol–water partition coefficient (Wildman–Crippen LogP) is 4.40. The van der Waals surface area contributed by atoms with Gasteiger partial charge in [0.2, 0.25) is 5.82 Å². The van der Waals surface area contributed by atoms with E-state index in [0.717, 1.165) is 11.3 Å². The van der Waals surface area contributed by atoms with E-state index >= 15 is 0 Å². The number of aromatic nitrogens is 3. The lowest BCUT2D eigenvalue weighted by molar-refractivity contribution is 0.101. The van der Waals surface area contributed by atoms with Gasteiger partial charge in [0.25, 0.3) is 5.91 Å². The third kappa shape index (κ3) is 3.49. The zero-order valence-corrected chi connectivity index (χ0v) is 15.2. The standard InChI is InChI=1S/C20H21FN4O/c1-12(2)16-7-5-6-8-18(16)25-14(4)22-19(24-25)20(26)23-17-10-9-15(21)11-13(17)3/h5-12H,1-4H3,(H,23,26). The fourth-order valence-electron chi connectivity index (χ4n) is 2.83. The number of anilines is 1. The summed E-state index contributed by atoms with van der Waals surface area (Å²) >= 11 is 0. The summed E-state index contributed by atoms with van der Waals surface area (Å²) in [7, 11) is 0. The molecule has 0 saturated heterocycles. The number of hydrogen-bond acceptors (Lipinski definition) is 3. The van der Waals surface area contributed by atoms with Gasteiger partial charge in [-0.3, -0.25) is 4.79 Å². The number of rotatable bonds is 4. The molecule has 1 N–H and O–H groups in total. The Balaban J connectivity index is 1.92. The van der Waals surface area contributed by atoms with Crippen LogP contribution >= 0.6 is 0 Å². The highest BCUT2D eigenvalue weighted by molar-refractivity contribution is 6.01. The summed E-state index contributed by atoms with van der Waals surface area (Å²) < 4.78 is 14.9. The maximum Gasteiger partial charge on any atom is 0.295 e. The van der Waals surface area contributed by atoms with Crippen LogP contribution in [0.4, 0.5) is 10.1 Å². The van der Waals surface area contributed by atoms with Crippen molar-refractivity contribution < 1.29 is 9.18 Å². The molecule has 0 spiro atoms. The van der Waals surface area contributed by atoms with E-state index in [9.17, 15) is 9.18 Å². The summed E-state index contributed by atoms with van der Waals surface area (Å²) in [5, 5.41) is 7.13. The van der Waals surface area contributed by atoms with Crippen molar-refractivity contribution in [1.29, 1.82) is 0 Å². The Morgan fingerprint density at radius 1 is 1.15 bits per heavy atom. The summed E-state index contributed by atoms with van der Waals surface area (Å²) in [6.45, 7) is 7.75. The molecule has 0 fully saturated rings. The first-order valence-corrected chi connectivity index (χ1v) is 8.47. The maximum absolute atomic E-state index is 13.2. The number of para-hydroxylation sites is 1. The molecule has 0 radical (unpaired) electrons. The van der Waals surface area contributed by atoms with Crippen molar-refractivity contribution in [3.05, 3.63) is 71.1 Å². The van der Waals surface area contributed by atoms with Crippen LogP contribution in [0.3, 0.4) is 0 Å². The van der Waals surface area contributed by atoms with Crippen molar-refractivity contribution in [1.82, 2.24) is 14.8 Å². The van der Waals surface area contributed by atoms with Crippen LogP contribution in [-0.4, -0.2) is 20.7 Å². The van der Waals surface area contributed by atoms with Gasteiger partial charge in [-0.05, 0) is 55.2 Å². The van der Waals surface area contributed by atoms with Crippen molar-refractivity contribution in [3.63, 3.8) is 0 Å². The SMILES string of the molecule is Cc1cc(F)ccc1NC(=O)c1nc(C)n(-c2ccccc2C(C)C)n1. The van der Waals surface area contributed by atoms with Crippen LogP contribution in [0.5, 0.6) is 0 Å². The summed E-state index contributed by atoms with van der Waals surface area (Å²) in [5.74, 6) is 0.241. The minimum atomic E-state index is -0.427. The predicted molar refractivity (Wildman–Crippen MR) is 99.3 cm³/mol. The number of nitrogens with one attached hydrogen (secondary N) is 1. The lowest BCUT2D eigenvalue weighted by Gasteiger charge is -2.12. The van der Waals surface area contributed by atoms with Gasteiger partial charge in [0, 0.05) is 5.69 Å². The second-order valence-corrected chi connectivity index (χ2v) is 6.52. The Hall–Kier alpha value is -3.02. The van der Waals surface area contributed by atoms with Gasteiger partial charge in [-0.15, -0.1) is 5.10 Å². The highest BCUT2D eigenvalue weighted by Crippen LogP contribution is 2.23. The summed E-state index contributed by atoms with van der Waals surface area (Å²) in [6.07, 6.45) is 0. The molecule has 3 aromatic rings. The summed E-state index contributed by atoms with van der Waals surface area (Å²) in [5.41, 5.74) is 3.21. The van der Waals surface area contributed by atoms with E-state index in [4.69, 9.17) is 0 Å².